The molecule has 1 aromatic rings. The lowest BCUT2D eigenvalue weighted by Gasteiger charge is -2.27. The van der Waals surface area contributed by atoms with Gasteiger partial charge in [0.25, 0.3) is 0 Å². The average Bonchev–Trinajstić information content (AvgIpc) is 2.44. The summed E-state index contributed by atoms with van der Waals surface area (Å²) in [4.78, 5) is 14.0. The van der Waals surface area contributed by atoms with Crippen molar-refractivity contribution in [3.8, 4) is 0 Å². The first-order valence-electron chi connectivity index (χ1n) is 6.79. The molecule has 1 amide bonds. The summed E-state index contributed by atoms with van der Waals surface area (Å²) >= 11 is 0. The molecule has 118 valence electrons. The molecular weight excluding hydrogens is 300 g/mol. The number of halogens is 3. The summed E-state index contributed by atoms with van der Waals surface area (Å²) in [6.07, 6.45) is 0.0682. The number of rotatable bonds is 5. The van der Waals surface area contributed by atoms with Crippen LogP contribution in [0.25, 0.3) is 0 Å². The Labute approximate surface area is 129 Å². The highest BCUT2D eigenvalue weighted by molar-refractivity contribution is 5.85. The van der Waals surface area contributed by atoms with Crippen molar-refractivity contribution in [1.29, 1.82) is 0 Å². The van der Waals surface area contributed by atoms with E-state index < -0.39 is 11.6 Å². The molecule has 1 aliphatic rings. The van der Waals surface area contributed by atoms with Crippen molar-refractivity contribution >= 4 is 18.3 Å². The molecule has 1 aromatic carbocycles. The molecule has 0 radical (unpaired) electrons. The van der Waals surface area contributed by atoms with Gasteiger partial charge in [0, 0.05) is 39.3 Å². The fraction of sp³-hybridized carbons (Fsp3) is 0.500. The molecule has 0 atom stereocenters. The Bertz CT molecular complexity index is 468. The number of carbonyl (C=O) groups excluding carboxylic acids is 1. The van der Waals surface area contributed by atoms with E-state index in [4.69, 9.17) is 0 Å². The lowest BCUT2D eigenvalue weighted by atomic mass is 10.1. The van der Waals surface area contributed by atoms with Crippen LogP contribution < -0.4 is 10.6 Å². The molecule has 4 nitrogen and oxygen atoms in total. The van der Waals surface area contributed by atoms with E-state index in [-0.39, 0.29) is 24.7 Å². The van der Waals surface area contributed by atoms with E-state index in [2.05, 4.69) is 15.5 Å². The Morgan fingerprint density at radius 2 is 1.95 bits per heavy atom. The largest absolute Gasteiger partial charge is 0.355 e. The fourth-order valence-corrected chi connectivity index (χ4v) is 2.19. The van der Waals surface area contributed by atoms with Gasteiger partial charge in [0.15, 0.2) is 11.6 Å². The molecular formula is C14H20ClF2N3O. The molecule has 0 saturated carbocycles. The van der Waals surface area contributed by atoms with E-state index in [1.807, 2.05) is 0 Å². The molecule has 0 aromatic heterocycles. The molecule has 1 fully saturated rings. The zero-order chi connectivity index (χ0) is 14.4. The maximum atomic E-state index is 13.0. The van der Waals surface area contributed by atoms with Crippen LogP contribution in [0.5, 0.6) is 0 Å². The summed E-state index contributed by atoms with van der Waals surface area (Å²) in [6.45, 7) is 5.30. The monoisotopic (exact) mass is 319 g/mol. The van der Waals surface area contributed by atoms with Gasteiger partial charge in [-0.15, -0.1) is 12.4 Å². The van der Waals surface area contributed by atoms with Crippen LogP contribution in [0, 0.1) is 11.6 Å². The van der Waals surface area contributed by atoms with Crippen molar-refractivity contribution in [2.24, 2.45) is 0 Å². The number of piperazine rings is 1. The van der Waals surface area contributed by atoms with E-state index in [9.17, 15) is 13.6 Å². The normalized spacial score (nSPS) is 15.3. The Hall–Kier alpha value is -1.24. The zero-order valence-corrected chi connectivity index (χ0v) is 12.5. The van der Waals surface area contributed by atoms with E-state index >= 15 is 0 Å². The number of hydrogen-bond donors (Lipinski definition) is 2. The molecule has 0 bridgehead atoms. The van der Waals surface area contributed by atoms with Crippen LogP contribution in [0.3, 0.4) is 0 Å². The van der Waals surface area contributed by atoms with Crippen molar-refractivity contribution in [2.75, 3.05) is 39.3 Å². The van der Waals surface area contributed by atoms with Gasteiger partial charge in [0.05, 0.1) is 6.42 Å². The smallest absolute Gasteiger partial charge is 0.224 e. The maximum absolute atomic E-state index is 13.0. The molecule has 0 unspecified atom stereocenters. The molecule has 7 heteroatoms. The highest BCUT2D eigenvalue weighted by Gasteiger charge is 2.10. The van der Waals surface area contributed by atoms with Crippen LogP contribution in [0.2, 0.25) is 0 Å². The van der Waals surface area contributed by atoms with Gasteiger partial charge in [-0.1, -0.05) is 6.07 Å². The number of amides is 1. The first-order chi connectivity index (χ1) is 9.65. The van der Waals surface area contributed by atoms with Gasteiger partial charge in [-0.3, -0.25) is 9.69 Å². The Morgan fingerprint density at radius 3 is 2.62 bits per heavy atom. The molecule has 0 aliphatic carbocycles. The number of benzene rings is 1. The lowest BCUT2D eigenvalue weighted by molar-refractivity contribution is -0.120. The van der Waals surface area contributed by atoms with Crippen LogP contribution in [0.1, 0.15) is 5.56 Å². The van der Waals surface area contributed by atoms with Crippen LogP contribution in [-0.4, -0.2) is 50.1 Å². The van der Waals surface area contributed by atoms with Crippen molar-refractivity contribution < 1.29 is 13.6 Å². The summed E-state index contributed by atoms with van der Waals surface area (Å²) in [7, 11) is 0. The molecule has 1 aliphatic heterocycles. The summed E-state index contributed by atoms with van der Waals surface area (Å²) in [5.74, 6) is -1.99. The fourth-order valence-electron chi connectivity index (χ4n) is 2.19. The highest BCUT2D eigenvalue weighted by Crippen LogP contribution is 2.09. The molecule has 2 N–H and O–H groups in total. The third-order valence-corrected chi connectivity index (χ3v) is 3.31. The van der Waals surface area contributed by atoms with Gasteiger partial charge < -0.3 is 10.6 Å². The third kappa shape index (κ3) is 5.95. The molecule has 0 spiro atoms. The second-order valence-corrected chi connectivity index (χ2v) is 4.87. The SMILES string of the molecule is Cl.O=C(Cc1ccc(F)c(F)c1)NCCN1CCNCC1. The maximum Gasteiger partial charge on any atom is 0.224 e. The van der Waals surface area contributed by atoms with Crippen LogP contribution in [0.15, 0.2) is 18.2 Å². The molecule has 2 rings (SSSR count). The van der Waals surface area contributed by atoms with Gasteiger partial charge in [-0.25, -0.2) is 8.78 Å². The third-order valence-electron chi connectivity index (χ3n) is 3.31. The van der Waals surface area contributed by atoms with Gasteiger partial charge in [0.2, 0.25) is 5.91 Å². The van der Waals surface area contributed by atoms with Gasteiger partial charge >= 0.3 is 0 Å². The topological polar surface area (TPSA) is 44.4 Å². The minimum Gasteiger partial charge on any atom is -0.355 e. The predicted octanol–water partition coefficient (Wildman–Crippen LogP) is 0.950. The Morgan fingerprint density at radius 1 is 1.24 bits per heavy atom. The first-order valence-corrected chi connectivity index (χ1v) is 6.79. The number of nitrogens with zero attached hydrogens (tertiary/aromatic N) is 1. The zero-order valence-electron chi connectivity index (χ0n) is 11.7. The van der Waals surface area contributed by atoms with Crippen LogP contribution >= 0.6 is 12.4 Å². The Balaban J connectivity index is 0.00000220. The number of hydrogen-bond acceptors (Lipinski definition) is 3. The van der Waals surface area contributed by atoms with Crippen LogP contribution in [-0.2, 0) is 11.2 Å². The summed E-state index contributed by atoms with van der Waals surface area (Å²) in [5.41, 5.74) is 0.476. The van der Waals surface area contributed by atoms with Crippen molar-refractivity contribution in [3.63, 3.8) is 0 Å². The van der Waals surface area contributed by atoms with Crippen molar-refractivity contribution in [1.82, 2.24) is 15.5 Å². The average molecular weight is 320 g/mol. The minimum atomic E-state index is -0.920. The number of nitrogens with one attached hydrogen (secondary N) is 2. The minimum absolute atomic E-state index is 0. The summed E-state index contributed by atoms with van der Waals surface area (Å²) in [5, 5.41) is 6.06. The number of carbonyl (C=O) groups is 1. The van der Waals surface area contributed by atoms with Gasteiger partial charge in [0.1, 0.15) is 0 Å². The second-order valence-electron chi connectivity index (χ2n) is 4.87. The molecule has 1 heterocycles. The van der Waals surface area contributed by atoms with Crippen LogP contribution in [0.4, 0.5) is 8.78 Å². The van der Waals surface area contributed by atoms with Gasteiger partial charge in [-0.2, -0.15) is 0 Å². The Kier molecular flexibility index (Phi) is 7.56. The molecule has 1 saturated heterocycles. The van der Waals surface area contributed by atoms with Crippen molar-refractivity contribution in [2.45, 2.75) is 6.42 Å². The highest BCUT2D eigenvalue weighted by atomic mass is 35.5. The van der Waals surface area contributed by atoms with Crippen molar-refractivity contribution in [3.05, 3.63) is 35.4 Å². The standard InChI is InChI=1S/C14H19F2N3O.ClH/c15-12-2-1-11(9-13(12)16)10-14(20)18-5-8-19-6-3-17-4-7-19;/h1-2,9,17H,3-8,10H2,(H,18,20);1H. The second kappa shape index (κ2) is 8.92. The molecule has 21 heavy (non-hydrogen) atoms. The quantitative estimate of drug-likeness (QED) is 0.849. The van der Waals surface area contributed by atoms with E-state index in [0.717, 1.165) is 44.9 Å². The first kappa shape index (κ1) is 17.8. The van der Waals surface area contributed by atoms with E-state index in [0.29, 0.717) is 12.1 Å². The summed E-state index contributed by atoms with van der Waals surface area (Å²) in [6, 6.07) is 3.53. The summed E-state index contributed by atoms with van der Waals surface area (Å²) < 4.78 is 25.8. The van der Waals surface area contributed by atoms with E-state index in [1.165, 1.54) is 6.07 Å². The van der Waals surface area contributed by atoms with E-state index in [1.54, 1.807) is 0 Å². The predicted molar refractivity (Wildman–Crippen MR) is 79.6 cm³/mol. The lowest BCUT2D eigenvalue weighted by Crippen LogP contribution is -2.46. The van der Waals surface area contributed by atoms with Gasteiger partial charge in [-0.05, 0) is 17.7 Å².